The summed E-state index contributed by atoms with van der Waals surface area (Å²) < 4.78 is 0. The number of hydrogen-bond donors (Lipinski definition) is 4. The second-order valence-electron chi connectivity index (χ2n) is 4.38. The molecule has 0 bridgehead atoms. The Morgan fingerprint density at radius 2 is 2.04 bits per heavy atom. The Kier molecular flexibility index (Phi) is 5.64. The fourth-order valence-corrected chi connectivity index (χ4v) is 1.67. The van der Waals surface area contributed by atoms with Crippen LogP contribution < -0.4 is 22.0 Å². The molecule has 2 rings (SSSR count). The van der Waals surface area contributed by atoms with Gasteiger partial charge >= 0.3 is 5.69 Å². The molecular weight excluding hydrogens is 324 g/mol. The number of rotatable bonds is 6. The van der Waals surface area contributed by atoms with Crippen LogP contribution >= 0.6 is 11.6 Å². The molecule has 1 heterocycles. The van der Waals surface area contributed by atoms with Gasteiger partial charge in [-0.3, -0.25) is 14.6 Å². The number of halogens is 1. The van der Waals surface area contributed by atoms with Crippen molar-refractivity contribution >= 4 is 29.5 Å². The van der Waals surface area contributed by atoms with Crippen molar-refractivity contribution in [3.63, 3.8) is 0 Å². The molecule has 0 saturated heterocycles. The third-order valence-corrected chi connectivity index (χ3v) is 2.88. The van der Waals surface area contributed by atoms with Gasteiger partial charge in [0.05, 0.1) is 6.21 Å². The highest BCUT2D eigenvalue weighted by molar-refractivity contribution is 6.30. The predicted molar refractivity (Wildman–Crippen MR) is 85.8 cm³/mol. The maximum absolute atomic E-state index is 11.6. The van der Waals surface area contributed by atoms with E-state index in [2.05, 4.69) is 26.0 Å². The van der Waals surface area contributed by atoms with Gasteiger partial charge in [-0.05, 0) is 17.7 Å². The van der Waals surface area contributed by atoms with Gasteiger partial charge in [-0.25, -0.2) is 15.3 Å². The second-order valence-corrected chi connectivity index (χ2v) is 4.81. The summed E-state index contributed by atoms with van der Waals surface area (Å²) in [5.41, 5.74) is 1.78. The van der Waals surface area contributed by atoms with Crippen LogP contribution in [0.4, 0.5) is 5.82 Å². The highest BCUT2D eigenvalue weighted by atomic mass is 35.5. The van der Waals surface area contributed by atoms with Gasteiger partial charge in [-0.2, -0.15) is 5.10 Å². The summed E-state index contributed by atoms with van der Waals surface area (Å²) in [7, 11) is 0. The molecule has 0 atom stereocenters. The molecule has 0 aliphatic heterocycles. The molecule has 0 unspecified atom stereocenters. The number of hydrogen-bond acceptors (Lipinski definition) is 6. The van der Waals surface area contributed by atoms with Crippen LogP contribution in [0.3, 0.4) is 0 Å². The van der Waals surface area contributed by atoms with Gasteiger partial charge < -0.3 is 5.32 Å². The minimum Gasteiger partial charge on any atom is -0.364 e. The second kappa shape index (κ2) is 7.90. The van der Waals surface area contributed by atoms with E-state index in [1.165, 1.54) is 6.21 Å². The lowest BCUT2D eigenvalue weighted by atomic mass is 10.2. The van der Waals surface area contributed by atoms with Crippen LogP contribution in [0.2, 0.25) is 5.02 Å². The molecule has 10 heteroatoms. The van der Waals surface area contributed by atoms with Gasteiger partial charge in [-0.15, -0.1) is 5.10 Å². The van der Waals surface area contributed by atoms with Crippen LogP contribution in [0.15, 0.2) is 39.0 Å². The van der Waals surface area contributed by atoms with E-state index in [1.807, 2.05) is 4.98 Å². The molecule has 1 aromatic carbocycles. The molecule has 2 aromatic rings. The van der Waals surface area contributed by atoms with Gasteiger partial charge in [0.2, 0.25) is 11.7 Å². The van der Waals surface area contributed by atoms with Crippen molar-refractivity contribution in [2.45, 2.75) is 6.42 Å². The monoisotopic (exact) mass is 336 g/mol. The molecule has 0 spiro atoms. The number of anilines is 1. The molecule has 23 heavy (non-hydrogen) atoms. The zero-order chi connectivity index (χ0) is 16.7. The van der Waals surface area contributed by atoms with Crippen LogP contribution in [0.1, 0.15) is 12.0 Å². The molecule has 0 aliphatic rings. The van der Waals surface area contributed by atoms with E-state index < -0.39 is 11.2 Å². The number of carbonyl (C=O) groups is 1. The Balaban J connectivity index is 1.75. The van der Waals surface area contributed by atoms with Crippen LogP contribution in [0, 0.1) is 0 Å². The zero-order valence-corrected chi connectivity index (χ0v) is 12.6. The number of aromatic nitrogens is 3. The van der Waals surface area contributed by atoms with Gasteiger partial charge in [0.1, 0.15) is 0 Å². The topological polar surface area (TPSA) is 132 Å². The van der Waals surface area contributed by atoms with E-state index >= 15 is 0 Å². The first kappa shape index (κ1) is 16.4. The lowest BCUT2D eigenvalue weighted by Gasteiger charge is -2.02. The minimum absolute atomic E-state index is 0.0675. The largest absolute Gasteiger partial charge is 0.364 e. The molecule has 1 amide bonds. The minimum atomic E-state index is -0.699. The van der Waals surface area contributed by atoms with E-state index in [1.54, 1.807) is 24.3 Å². The predicted octanol–water partition coefficient (Wildman–Crippen LogP) is 0.0639. The smallest absolute Gasteiger partial charge is 0.342 e. The summed E-state index contributed by atoms with van der Waals surface area (Å²) in [4.78, 5) is 35.7. The Bertz CT molecular complexity index is 811. The number of H-pyrrole nitrogens is 2. The third kappa shape index (κ3) is 5.40. The van der Waals surface area contributed by atoms with E-state index in [0.717, 1.165) is 5.56 Å². The summed E-state index contributed by atoms with van der Waals surface area (Å²) in [5, 5.41) is 12.6. The molecule has 9 nitrogen and oxygen atoms in total. The van der Waals surface area contributed by atoms with Crippen molar-refractivity contribution in [1.29, 1.82) is 0 Å². The van der Waals surface area contributed by atoms with E-state index in [9.17, 15) is 14.4 Å². The first-order chi connectivity index (χ1) is 11.0. The first-order valence-electron chi connectivity index (χ1n) is 6.55. The lowest BCUT2D eigenvalue weighted by molar-refractivity contribution is -0.120. The molecule has 0 aliphatic carbocycles. The standard InChI is InChI=1S/C13H13ClN6O3/c14-9-3-1-8(2-4-9)7-16-18-10(21)5-6-15-11-12(22)17-13(23)20-19-11/h1-4,7H,5-6H2,(H,15,19)(H,18,21)(H2,17,20,22,23). The molecule has 0 saturated carbocycles. The lowest BCUT2D eigenvalue weighted by Crippen LogP contribution is -2.28. The van der Waals surface area contributed by atoms with Gasteiger partial charge in [0, 0.05) is 18.0 Å². The number of benzene rings is 1. The summed E-state index contributed by atoms with van der Waals surface area (Å²) in [5.74, 6) is -0.411. The summed E-state index contributed by atoms with van der Waals surface area (Å²) in [6, 6.07) is 6.94. The van der Waals surface area contributed by atoms with Crippen molar-refractivity contribution in [3.05, 3.63) is 55.7 Å². The maximum atomic E-state index is 11.6. The van der Waals surface area contributed by atoms with Gasteiger partial charge in [0.15, 0.2) is 0 Å². The van der Waals surface area contributed by atoms with Crippen LogP contribution in [-0.2, 0) is 4.79 Å². The Labute approximate surface area is 134 Å². The molecule has 120 valence electrons. The molecule has 0 fully saturated rings. The number of nitrogens with zero attached hydrogens (tertiary/aromatic N) is 2. The Morgan fingerprint density at radius 3 is 2.74 bits per heavy atom. The van der Waals surface area contributed by atoms with E-state index in [0.29, 0.717) is 5.02 Å². The quantitative estimate of drug-likeness (QED) is 0.437. The van der Waals surface area contributed by atoms with E-state index in [4.69, 9.17) is 11.6 Å². The number of hydrazone groups is 1. The normalized spacial score (nSPS) is 10.7. The number of aromatic amines is 2. The average Bonchev–Trinajstić information content (AvgIpc) is 2.51. The molecule has 0 radical (unpaired) electrons. The number of amides is 1. The maximum Gasteiger partial charge on any atom is 0.342 e. The van der Waals surface area contributed by atoms with Gasteiger partial charge in [0.25, 0.3) is 5.56 Å². The number of carbonyl (C=O) groups excluding carboxylic acids is 1. The Morgan fingerprint density at radius 1 is 1.30 bits per heavy atom. The molecule has 4 N–H and O–H groups in total. The average molecular weight is 337 g/mol. The summed E-state index contributed by atoms with van der Waals surface area (Å²) in [6.07, 6.45) is 1.55. The summed E-state index contributed by atoms with van der Waals surface area (Å²) >= 11 is 5.75. The summed E-state index contributed by atoms with van der Waals surface area (Å²) in [6.45, 7) is 0.157. The van der Waals surface area contributed by atoms with Gasteiger partial charge in [-0.1, -0.05) is 23.7 Å². The highest BCUT2D eigenvalue weighted by Gasteiger charge is 2.03. The Hall–Kier alpha value is -2.94. The van der Waals surface area contributed by atoms with Crippen molar-refractivity contribution in [1.82, 2.24) is 20.6 Å². The molecular formula is C13H13ClN6O3. The fraction of sp³-hybridized carbons (Fsp3) is 0.154. The van der Waals surface area contributed by atoms with Crippen LogP contribution in [-0.4, -0.2) is 33.8 Å². The van der Waals surface area contributed by atoms with Crippen LogP contribution in [0.5, 0.6) is 0 Å². The van der Waals surface area contributed by atoms with Crippen molar-refractivity contribution in [3.8, 4) is 0 Å². The van der Waals surface area contributed by atoms with Crippen molar-refractivity contribution in [2.75, 3.05) is 11.9 Å². The third-order valence-electron chi connectivity index (χ3n) is 2.63. The highest BCUT2D eigenvalue weighted by Crippen LogP contribution is 2.07. The zero-order valence-electron chi connectivity index (χ0n) is 11.8. The van der Waals surface area contributed by atoms with Crippen molar-refractivity contribution in [2.24, 2.45) is 5.10 Å². The first-order valence-corrected chi connectivity index (χ1v) is 6.93. The van der Waals surface area contributed by atoms with Crippen LogP contribution in [0.25, 0.3) is 0 Å². The SMILES string of the molecule is O=C(CCNc1n[nH]c(=O)[nH]c1=O)NN=Cc1ccc(Cl)cc1. The number of nitrogens with one attached hydrogen (secondary N) is 4. The fourth-order valence-electron chi connectivity index (χ4n) is 1.55. The molecule has 1 aromatic heterocycles. The van der Waals surface area contributed by atoms with Crippen molar-refractivity contribution < 1.29 is 4.79 Å². The van der Waals surface area contributed by atoms with E-state index in [-0.39, 0.29) is 24.7 Å².